The van der Waals surface area contributed by atoms with Crippen LogP contribution in [-0.2, 0) is 29.7 Å². The first-order valence-electron chi connectivity index (χ1n) is 12.5. The zero-order chi connectivity index (χ0) is 27.9. The summed E-state index contributed by atoms with van der Waals surface area (Å²) in [5.41, 5.74) is -0.887. The minimum absolute atomic E-state index is 0.0284. The fraction of sp³-hybridized carbons (Fsp3) is 0.444. The highest BCUT2D eigenvalue weighted by Gasteiger charge is 2.58. The monoisotopic (exact) mass is 546 g/mol. The van der Waals surface area contributed by atoms with Crippen molar-refractivity contribution in [3.63, 3.8) is 0 Å². The molecule has 6 rings (SSSR count). The van der Waals surface area contributed by atoms with Crippen LogP contribution < -0.4 is 4.74 Å². The molecular weight excluding hydrogens is 520 g/mol. The number of hydrogen-bond acceptors (Lipinski definition) is 5. The quantitative estimate of drug-likeness (QED) is 0.340. The van der Waals surface area contributed by atoms with E-state index in [1.807, 2.05) is 10.6 Å². The average molecular weight is 547 g/mol. The molecule has 12 heteroatoms. The predicted octanol–water partition coefficient (Wildman–Crippen LogP) is 5.41. The molecule has 3 heterocycles. The first kappa shape index (κ1) is 25.6. The number of aryl methyl sites for hydroxylation is 1. The fourth-order valence-electron chi connectivity index (χ4n) is 6.51. The smallest absolute Gasteiger partial charge is 0.487 e. The Kier molecular flexibility index (Phi) is 5.52. The molecule has 8 nitrogen and oxygen atoms in total. The highest BCUT2D eigenvalue weighted by atomic mass is 19.4. The summed E-state index contributed by atoms with van der Waals surface area (Å²) in [6.07, 6.45) is -2.13. The molecule has 0 fully saturated rings. The van der Waals surface area contributed by atoms with Crippen LogP contribution in [0.5, 0.6) is 5.75 Å². The van der Waals surface area contributed by atoms with E-state index in [0.717, 1.165) is 18.7 Å². The number of carboxylic acids is 1. The summed E-state index contributed by atoms with van der Waals surface area (Å²) in [6, 6.07) is 7.11. The van der Waals surface area contributed by atoms with E-state index in [0.29, 0.717) is 28.2 Å². The second kappa shape index (κ2) is 8.41. The summed E-state index contributed by atoms with van der Waals surface area (Å²) in [5, 5.41) is 14.4. The van der Waals surface area contributed by atoms with E-state index in [2.05, 4.69) is 9.84 Å². The van der Waals surface area contributed by atoms with Gasteiger partial charge in [-0.1, -0.05) is 6.92 Å². The number of aliphatic carboxylic acids is 1. The number of allylic oxidation sites excluding steroid dienone is 2. The molecular formula is C27H26F4N4O4. The lowest BCUT2D eigenvalue weighted by Gasteiger charge is -2.51. The molecule has 1 aromatic carbocycles. The van der Waals surface area contributed by atoms with Gasteiger partial charge in [0.1, 0.15) is 29.6 Å². The van der Waals surface area contributed by atoms with Gasteiger partial charge in [-0.25, -0.2) is 9.37 Å². The molecule has 1 N–H and O–H groups in total. The van der Waals surface area contributed by atoms with Crippen molar-refractivity contribution in [1.29, 1.82) is 0 Å². The number of fused-ring (bicyclic) bond motifs is 4. The Morgan fingerprint density at radius 1 is 1.26 bits per heavy atom. The Morgan fingerprint density at radius 3 is 2.69 bits per heavy atom. The maximum Gasteiger partial charge on any atom is 0.523 e. The van der Waals surface area contributed by atoms with Crippen molar-refractivity contribution in [3.05, 3.63) is 65.0 Å². The minimum Gasteiger partial charge on any atom is -0.487 e. The first-order chi connectivity index (χ1) is 18.3. The third-order valence-corrected chi connectivity index (χ3v) is 8.14. The number of rotatable bonds is 5. The summed E-state index contributed by atoms with van der Waals surface area (Å²) in [6.45, 7) is 3.19. The molecule has 0 saturated carbocycles. The zero-order valence-corrected chi connectivity index (χ0v) is 21.4. The summed E-state index contributed by atoms with van der Waals surface area (Å²) in [7, 11) is 1.80. The summed E-state index contributed by atoms with van der Waals surface area (Å²) < 4.78 is 69.7. The fourth-order valence-corrected chi connectivity index (χ4v) is 6.51. The Balaban J connectivity index is 1.49. The van der Waals surface area contributed by atoms with E-state index < -0.39 is 41.0 Å². The van der Waals surface area contributed by atoms with E-state index in [-0.39, 0.29) is 31.6 Å². The second-order valence-corrected chi connectivity index (χ2v) is 10.8. The third kappa shape index (κ3) is 4.03. The van der Waals surface area contributed by atoms with Crippen molar-refractivity contribution < 1.29 is 36.9 Å². The molecule has 0 radical (unpaired) electrons. The Morgan fingerprint density at radius 2 is 2.03 bits per heavy atom. The lowest BCUT2D eigenvalue weighted by molar-refractivity contribution is -0.354. The van der Waals surface area contributed by atoms with Crippen LogP contribution in [0.15, 0.2) is 53.5 Å². The summed E-state index contributed by atoms with van der Waals surface area (Å²) in [4.78, 5) is 17.1. The van der Waals surface area contributed by atoms with Crippen LogP contribution in [-0.4, -0.2) is 42.4 Å². The predicted molar refractivity (Wildman–Crippen MR) is 130 cm³/mol. The number of imidazole rings is 1. The number of alkyl halides is 3. The van der Waals surface area contributed by atoms with Crippen LogP contribution in [0.25, 0.3) is 11.0 Å². The van der Waals surface area contributed by atoms with Gasteiger partial charge in [0, 0.05) is 31.3 Å². The summed E-state index contributed by atoms with van der Waals surface area (Å²) >= 11 is 0. The van der Waals surface area contributed by atoms with Gasteiger partial charge in [0.05, 0.1) is 28.6 Å². The van der Waals surface area contributed by atoms with Gasteiger partial charge in [-0.2, -0.15) is 5.10 Å². The van der Waals surface area contributed by atoms with E-state index >= 15 is 4.39 Å². The van der Waals surface area contributed by atoms with Crippen molar-refractivity contribution in [3.8, 4) is 5.75 Å². The Bertz CT molecular complexity index is 1570. The van der Waals surface area contributed by atoms with Gasteiger partial charge in [0.25, 0.3) is 0 Å². The number of carboxylic acid groups (broad SMARTS) is 1. The maximum atomic E-state index is 15.6. The van der Waals surface area contributed by atoms with E-state index in [1.54, 1.807) is 43.0 Å². The lowest BCUT2D eigenvalue weighted by Crippen LogP contribution is -2.50. The topological polar surface area (TPSA) is 91.4 Å². The number of carbonyl (C=O) groups is 1. The van der Waals surface area contributed by atoms with Crippen LogP contribution in [0.4, 0.5) is 17.6 Å². The van der Waals surface area contributed by atoms with Gasteiger partial charge in [0.2, 0.25) is 0 Å². The van der Waals surface area contributed by atoms with Gasteiger partial charge in [-0.3, -0.25) is 14.2 Å². The standard InChI is InChI=1S/C27H26F4N4O4/c1-25-11-20(28)26(2,39-27(29,30)31)17-6-5-16(24(36)37)21(22(17)25)23-32-18-7-4-15(10-19(18)35(23)13-25)38-12-14-8-9-34(3)33-14/h4,7-11,16,21H,5-6,12-13H2,1-3H3,(H,36,37)/t16-,21-,25?,26?/m0/s1. The molecule has 2 aliphatic carbocycles. The molecule has 206 valence electrons. The SMILES string of the molecule is Cn1ccc(COc2ccc3nc4n(c3c2)CC2(C)C=C(F)C(C)(OC(F)(F)F)C3=C2[C@@H]4[C@@H](C(=O)O)CC3)n1. The minimum atomic E-state index is -5.09. The van der Waals surface area contributed by atoms with Crippen LogP contribution in [0.3, 0.4) is 0 Å². The number of hydrogen-bond donors (Lipinski definition) is 1. The van der Waals surface area contributed by atoms with Crippen LogP contribution in [0.2, 0.25) is 0 Å². The van der Waals surface area contributed by atoms with Crippen LogP contribution >= 0.6 is 0 Å². The zero-order valence-electron chi connectivity index (χ0n) is 21.4. The molecule has 0 saturated heterocycles. The molecule has 3 aromatic rings. The normalized spacial score (nSPS) is 28.2. The molecule has 0 amide bonds. The number of halogens is 4. The molecule has 2 unspecified atom stereocenters. The molecule has 0 bridgehead atoms. The third-order valence-electron chi connectivity index (χ3n) is 8.14. The number of nitrogens with zero attached hydrogens (tertiary/aromatic N) is 4. The van der Waals surface area contributed by atoms with Crippen LogP contribution in [0.1, 0.15) is 44.1 Å². The first-order valence-corrected chi connectivity index (χ1v) is 12.5. The number of aromatic nitrogens is 4. The summed E-state index contributed by atoms with van der Waals surface area (Å²) in [5.74, 6) is -2.95. The Labute approximate surface area is 220 Å². The van der Waals surface area contributed by atoms with Gasteiger partial charge < -0.3 is 14.4 Å². The second-order valence-electron chi connectivity index (χ2n) is 10.8. The van der Waals surface area contributed by atoms with Crippen molar-refractivity contribution in [2.45, 2.75) is 57.7 Å². The average Bonchev–Trinajstić information content (AvgIpc) is 3.42. The maximum absolute atomic E-state index is 15.6. The molecule has 4 atom stereocenters. The molecule has 39 heavy (non-hydrogen) atoms. The number of benzene rings is 1. The van der Waals surface area contributed by atoms with E-state index in [1.165, 1.54) is 0 Å². The van der Waals surface area contributed by atoms with Crippen LogP contribution in [0, 0.1) is 11.3 Å². The van der Waals surface area contributed by atoms with E-state index in [4.69, 9.17) is 9.72 Å². The van der Waals surface area contributed by atoms with Crippen molar-refractivity contribution >= 4 is 17.0 Å². The Hall–Kier alpha value is -3.67. The van der Waals surface area contributed by atoms with Gasteiger partial charge in [0.15, 0.2) is 0 Å². The van der Waals surface area contributed by atoms with E-state index in [9.17, 15) is 23.1 Å². The number of ether oxygens (including phenoxy) is 2. The lowest BCUT2D eigenvalue weighted by atomic mass is 9.57. The molecule has 2 aromatic heterocycles. The molecule has 3 aliphatic rings. The van der Waals surface area contributed by atoms with Gasteiger partial charge in [-0.05, 0) is 55.2 Å². The van der Waals surface area contributed by atoms with Crippen molar-refractivity contribution in [2.75, 3.05) is 0 Å². The highest BCUT2D eigenvalue weighted by molar-refractivity contribution is 5.80. The largest absolute Gasteiger partial charge is 0.523 e. The van der Waals surface area contributed by atoms with Gasteiger partial charge >= 0.3 is 12.3 Å². The highest BCUT2D eigenvalue weighted by Crippen LogP contribution is 2.60. The molecule has 0 spiro atoms. The van der Waals surface area contributed by atoms with Crippen molar-refractivity contribution in [1.82, 2.24) is 19.3 Å². The van der Waals surface area contributed by atoms with Gasteiger partial charge in [-0.15, -0.1) is 13.2 Å². The molecule has 1 aliphatic heterocycles. The van der Waals surface area contributed by atoms with Crippen molar-refractivity contribution in [2.24, 2.45) is 18.4 Å².